The summed E-state index contributed by atoms with van der Waals surface area (Å²) in [5.41, 5.74) is 43.7. The number of carboxylic acids is 6. The first-order chi connectivity index (χ1) is 46.3. The van der Waals surface area contributed by atoms with Gasteiger partial charge in [-0.2, -0.15) is 0 Å². The minimum absolute atomic E-state index is 0.113. The SMILES string of the molecule is CC(=N)CCc1ccc(CC(N)C(=O)O)cc1.CC(=N)COc1ccc(CC(N)C(=O)O)cc1.CC(=N)Cc1ccc(CC(N)C(=O)O)cc1.CCCC(=O)c1ccc(CC(N)C(=O)O)cc1.CCCOc1ccc(CC(N)C(=O)O)cc1.CNCc1ccc(CC(N)C(=O)O)cc1. The van der Waals surface area contributed by atoms with E-state index in [1.165, 1.54) is 5.56 Å². The van der Waals surface area contributed by atoms with Gasteiger partial charge >= 0.3 is 35.8 Å². The van der Waals surface area contributed by atoms with Crippen LogP contribution in [0.25, 0.3) is 0 Å². The van der Waals surface area contributed by atoms with Gasteiger partial charge in [0.1, 0.15) is 54.4 Å². The van der Waals surface area contributed by atoms with Gasteiger partial charge in [0.2, 0.25) is 0 Å². The van der Waals surface area contributed by atoms with Crippen LogP contribution in [0.3, 0.4) is 0 Å². The minimum atomic E-state index is -1.02. The first kappa shape index (κ1) is 86.2. The highest BCUT2D eigenvalue weighted by Gasteiger charge is 2.17. The van der Waals surface area contributed by atoms with Crippen molar-refractivity contribution < 1.29 is 73.7 Å². The number of carboxylic acid groups (broad SMARTS) is 6. The molecule has 6 atom stereocenters. The highest BCUT2D eigenvalue weighted by Crippen LogP contribution is 2.17. The van der Waals surface area contributed by atoms with E-state index in [0.29, 0.717) is 80.0 Å². The number of hydrogen-bond acceptors (Lipinski definition) is 19. The molecule has 0 heterocycles. The number of nitrogens with one attached hydrogen (secondary N) is 4. The predicted molar refractivity (Wildman–Crippen MR) is 380 cm³/mol. The molecule has 98 heavy (non-hydrogen) atoms. The van der Waals surface area contributed by atoms with Crippen LogP contribution < -0.4 is 49.2 Å². The van der Waals surface area contributed by atoms with Crippen LogP contribution in [0.4, 0.5) is 0 Å². The highest BCUT2D eigenvalue weighted by atomic mass is 16.5. The fourth-order valence-corrected chi connectivity index (χ4v) is 8.37. The van der Waals surface area contributed by atoms with E-state index in [1.54, 1.807) is 69.3 Å². The van der Waals surface area contributed by atoms with Crippen molar-refractivity contribution in [1.29, 1.82) is 16.2 Å². The molecule has 0 aliphatic carbocycles. The molecular formula is C73H100N10O15. The van der Waals surface area contributed by atoms with Crippen molar-refractivity contribution >= 4 is 58.7 Å². The number of carbonyl (C=O) groups excluding carboxylic acids is 1. The van der Waals surface area contributed by atoms with Crippen molar-refractivity contribution in [2.45, 2.75) is 154 Å². The summed E-state index contributed by atoms with van der Waals surface area (Å²) in [7, 11) is 1.88. The zero-order chi connectivity index (χ0) is 73.9. The van der Waals surface area contributed by atoms with Crippen molar-refractivity contribution in [2.75, 3.05) is 20.3 Å². The number of hydrogen-bond donors (Lipinski definition) is 16. The number of nitrogens with two attached hydrogens (primary N) is 6. The van der Waals surface area contributed by atoms with E-state index < -0.39 is 72.1 Å². The normalized spacial score (nSPS) is 12.1. The summed E-state index contributed by atoms with van der Waals surface area (Å²) in [6.45, 7) is 11.0. The van der Waals surface area contributed by atoms with Crippen molar-refractivity contribution in [3.05, 3.63) is 201 Å². The third-order valence-electron chi connectivity index (χ3n) is 13.9. The Bertz CT molecular complexity index is 3330. The van der Waals surface area contributed by atoms with E-state index in [-0.39, 0.29) is 18.8 Å². The van der Waals surface area contributed by atoms with Crippen molar-refractivity contribution in [3.8, 4) is 11.5 Å². The fraction of sp³-hybridized carbons (Fsp3) is 0.370. The molecule has 6 rings (SSSR count). The van der Waals surface area contributed by atoms with Crippen molar-refractivity contribution in [2.24, 2.45) is 34.4 Å². The lowest BCUT2D eigenvalue weighted by Gasteiger charge is -2.08. The Kier molecular flexibility index (Phi) is 42.1. The predicted octanol–water partition coefficient (Wildman–Crippen LogP) is 7.31. The first-order valence-electron chi connectivity index (χ1n) is 31.7. The third kappa shape index (κ3) is 39.2. The zero-order valence-corrected chi connectivity index (χ0v) is 56.7. The molecule has 0 saturated heterocycles. The Morgan fingerprint density at radius 3 is 0.939 bits per heavy atom. The van der Waals surface area contributed by atoms with Crippen LogP contribution in [-0.4, -0.2) is 146 Å². The number of Topliss-reactive ketones (excluding diaryl/α,β-unsaturated/α-hetero) is 1. The smallest absolute Gasteiger partial charge is 0.320 e. The lowest BCUT2D eigenvalue weighted by molar-refractivity contribution is -0.139. The van der Waals surface area contributed by atoms with Gasteiger partial charge in [-0.05, 0) is 166 Å². The number of aliphatic carboxylic acids is 6. The second kappa shape index (κ2) is 47.9. The first-order valence-corrected chi connectivity index (χ1v) is 31.7. The van der Waals surface area contributed by atoms with E-state index in [0.717, 1.165) is 82.5 Å². The van der Waals surface area contributed by atoms with Gasteiger partial charge in [0, 0.05) is 42.1 Å². The molecule has 6 aromatic rings. The highest BCUT2D eigenvalue weighted by molar-refractivity contribution is 5.96. The Morgan fingerprint density at radius 2 is 0.663 bits per heavy atom. The van der Waals surface area contributed by atoms with Crippen LogP contribution in [0.5, 0.6) is 11.5 Å². The Balaban J connectivity index is 0.000000588. The molecule has 0 radical (unpaired) electrons. The van der Waals surface area contributed by atoms with Crippen LogP contribution in [0.2, 0.25) is 0 Å². The summed E-state index contributed by atoms with van der Waals surface area (Å²) in [4.78, 5) is 75.0. The molecule has 25 nitrogen and oxygen atoms in total. The molecule has 22 N–H and O–H groups in total. The maximum atomic E-state index is 11.6. The van der Waals surface area contributed by atoms with Crippen LogP contribution in [0.1, 0.15) is 121 Å². The van der Waals surface area contributed by atoms with Gasteiger partial charge < -0.3 is 96.1 Å². The summed E-state index contributed by atoms with van der Waals surface area (Å²) in [5, 5.41) is 77.0. The average molecular weight is 1360 g/mol. The van der Waals surface area contributed by atoms with E-state index in [1.807, 2.05) is 118 Å². The van der Waals surface area contributed by atoms with Gasteiger partial charge in [0.15, 0.2) is 5.78 Å². The lowest BCUT2D eigenvalue weighted by atomic mass is 10.0. The molecule has 0 aliphatic rings. The second-order valence-corrected chi connectivity index (χ2v) is 23.2. The Labute approximate surface area is 573 Å². The molecule has 0 aromatic heterocycles. The van der Waals surface area contributed by atoms with Gasteiger partial charge in [0.25, 0.3) is 0 Å². The second-order valence-electron chi connectivity index (χ2n) is 23.2. The zero-order valence-electron chi connectivity index (χ0n) is 56.7. The molecule has 0 spiro atoms. The molecule has 6 unspecified atom stereocenters. The molecule has 25 heteroatoms. The molecule has 0 fully saturated rings. The maximum absolute atomic E-state index is 11.6. The topological polar surface area (TPSA) is 499 Å². The number of carbonyl (C=O) groups is 7. The monoisotopic (exact) mass is 1360 g/mol. The van der Waals surface area contributed by atoms with Crippen molar-refractivity contribution in [1.82, 2.24) is 5.32 Å². The maximum Gasteiger partial charge on any atom is 0.320 e. The Hall–Kier alpha value is -9.86. The van der Waals surface area contributed by atoms with E-state index >= 15 is 0 Å². The largest absolute Gasteiger partial charge is 0.494 e. The van der Waals surface area contributed by atoms with E-state index in [2.05, 4.69) is 5.32 Å². The summed E-state index contributed by atoms with van der Waals surface area (Å²) >= 11 is 0. The van der Waals surface area contributed by atoms with Gasteiger partial charge in [-0.15, -0.1) is 0 Å². The van der Waals surface area contributed by atoms with Crippen LogP contribution in [-0.2, 0) is 86.7 Å². The molecule has 6 aromatic carbocycles. The number of rotatable bonds is 34. The minimum Gasteiger partial charge on any atom is -0.494 e. The van der Waals surface area contributed by atoms with Gasteiger partial charge in [-0.3, -0.25) is 33.6 Å². The molecule has 0 saturated carbocycles. The molecule has 0 amide bonds. The molecular weight excluding hydrogens is 1260 g/mol. The Morgan fingerprint density at radius 1 is 0.378 bits per heavy atom. The van der Waals surface area contributed by atoms with Gasteiger partial charge in [-0.1, -0.05) is 135 Å². The summed E-state index contributed by atoms with van der Waals surface area (Å²) < 4.78 is 10.7. The standard InChI is InChI=1S/C13H18N2O2.C13H17NO3.C12H16N2O3.C12H16N2O2.C12H17NO3.C11H16N2O2/c1-9(14)2-3-10-4-6-11(7-5-10)8-12(15)13(16)17;1-2-3-12(15)10-6-4-9(5-7-10)8-11(14)13(16)17;1-8(13)7-17-10-4-2-9(3-5-10)6-11(14)12(15)16;1-8(13)6-9-2-4-10(5-3-9)7-11(14)12(15)16;1-2-7-16-10-5-3-9(4-6-10)8-11(13)12(14)15;1-13-7-9-4-2-8(3-5-9)6-10(12)11(14)15/h4-7,12,14H,2-3,8,15H2,1H3,(H,16,17);4-7,11H,2-3,8,14H2,1H3,(H,16,17);2-5,11,13H,6-7,14H2,1H3,(H,15,16);2-5,11,13H,6-7,14H2,1H3,(H,15,16);3-6,11H,2,7-8,13H2,1H3,(H,14,15);2-5,10,13H,6-7,12H2,1H3,(H,14,15). The van der Waals surface area contributed by atoms with Gasteiger partial charge in [0.05, 0.1) is 6.61 Å². The van der Waals surface area contributed by atoms with Crippen LogP contribution in [0, 0.1) is 16.2 Å². The van der Waals surface area contributed by atoms with E-state index in [4.69, 9.17) is 90.7 Å². The number of ketones is 1. The van der Waals surface area contributed by atoms with Gasteiger partial charge in [-0.25, -0.2) is 0 Å². The fourth-order valence-electron chi connectivity index (χ4n) is 8.37. The summed E-state index contributed by atoms with van der Waals surface area (Å²) in [6.07, 6.45) is 6.51. The summed E-state index contributed by atoms with van der Waals surface area (Å²) in [6, 6.07) is 39.2. The molecule has 0 aliphatic heterocycles. The van der Waals surface area contributed by atoms with Crippen LogP contribution >= 0.6 is 0 Å². The van der Waals surface area contributed by atoms with Crippen LogP contribution in [0.15, 0.2) is 146 Å². The number of benzene rings is 6. The third-order valence-corrected chi connectivity index (χ3v) is 13.9. The quantitative estimate of drug-likeness (QED) is 0.0139. The van der Waals surface area contributed by atoms with E-state index in [9.17, 15) is 33.6 Å². The number of ether oxygens (including phenoxy) is 2. The lowest BCUT2D eigenvalue weighted by Crippen LogP contribution is -2.32. The number of aryl methyl sites for hydroxylation is 1. The summed E-state index contributed by atoms with van der Waals surface area (Å²) in [5.74, 6) is -4.37. The average Bonchev–Trinajstić information content (AvgIpc) is 0.947. The molecule has 0 bridgehead atoms. The molecule has 532 valence electrons. The van der Waals surface area contributed by atoms with Crippen molar-refractivity contribution in [3.63, 3.8) is 0 Å².